The smallest absolute Gasteiger partial charge is 0.234 e. The summed E-state index contributed by atoms with van der Waals surface area (Å²) in [6.07, 6.45) is 4.40. The molecule has 2 aliphatic rings. The first-order chi connectivity index (χ1) is 16.5. The number of aromatic nitrogens is 2. The van der Waals surface area contributed by atoms with Crippen molar-refractivity contribution in [3.05, 3.63) is 77.1 Å². The molecule has 8 heteroatoms. The molecule has 1 aliphatic carbocycles. The number of fused-ring (bicyclic) bond motifs is 1. The van der Waals surface area contributed by atoms with E-state index in [0.29, 0.717) is 23.5 Å². The molecule has 1 aliphatic heterocycles. The normalized spacial score (nSPS) is 16.2. The summed E-state index contributed by atoms with van der Waals surface area (Å²) >= 11 is 5.59. The summed E-state index contributed by atoms with van der Waals surface area (Å²) in [5, 5.41) is 6.95. The first-order valence-corrected chi connectivity index (χ1v) is 12.0. The van der Waals surface area contributed by atoms with Crippen LogP contribution in [0, 0.1) is 5.82 Å². The molecule has 0 radical (unpaired) electrons. The van der Waals surface area contributed by atoms with Crippen molar-refractivity contribution < 1.29 is 9.13 Å². The van der Waals surface area contributed by atoms with Gasteiger partial charge in [-0.15, -0.1) is 0 Å². The highest BCUT2D eigenvalue weighted by molar-refractivity contribution is 7.80. The van der Waals surface area contributed by atoms with Gasteiger partial charge in [-0.1, -0.05) is 49.2 Å². The molecule has 3 aromatic rings. The van der Waals surface area contributed by atoms with E-state index in [-0.39, 0.29) is 11.2 Å². The van der Waals surface area contributed by atoms with E-state index >= 15 is 0 Å². The molecule has 0 unspecified atom stereocenters. The van der Waals surface area contributed by atoms with Crippen molar-refractivity contribution in [2.45, 2.75) is 44.2 Å². The second kappa shape index (κ2) is 9.54. The molecule has 0 atom stereocenters. The van der Waals surface area contributed by atoms with E-state index in [2.05, 4.69) is 44.8 Å². The largest absolute Gasteiger partial charge is 0.481 e. The minimum Gasteiger partial charge on any atom is -0.481 e. The van der Waals surface area contributed by atoms with Gasteiger partial charge in [-0.25, -0.2) is 4.39 Å². The highest BCUT2D eigenvalue weighted by Crippen LogP contribution is 2.40. The number of nitrogens with zero attached hydrogens (tertiary/aromatic N) is 3. The van der Waals surface area contributed by atoms with Crippen LogP contribution in [-0.4, -0.2) is 28.7 Å². The van der Waals surface area contributed by atoms with Crippen molar-refractivity contribution >= 4 is 29.1 Å². The highest BCUT2D eigenvalue weighted by atomic mass is 32.1. The Bertz CT molecular complexity index is 1160. The van der Waals surface area contributed by atoms with Gasteiger partial charge in [0.05, 0.1) is 7.11 Å². The van der Waals surface area contributed by atoms with E-state index in [4.69, 9.17) is 21.9 Å². The summed E-state index contributed by atoms with van der Waals surface area (Å²) in [5.41, 5.74) is 3.69. The Kier molecular flexibility index (Phi) is 6.32. The molecule has 2 N–H and O–H groups in total. The fourth-order valence-electron chi connectivity index (χ4n) is 5.05. The van der Waals surface area contributed by atoms with Crippen LogP contribution >= 0.6 is 12.2 Å². The third-order valence-electron chi connectivity index (χ3n) is 6.89. The van der Waals surface area contributed by atoms with Crippen molar-refractivity contribution in [3.8, 4) is 5.88 Å². The van der Waals surface area contributed by atoms with Gasteiger partial charge in [-0.2, -0.15) is 9.97 Å². The average molecular weight is 478 g/mol. The minimum absolute atomic E-state index is 0.0544. The van der Waals surface area contributed by atoms with Gasteiger partial charge in [-0.3, -0.25) is 0 Å². The van der Waals surface area contributed by atoms with E-state index in [0.717, 1.165) is 50.2 Å². The van der Waals surface area contributed by atoms with Gasteiger partial charge in [0.2, 0.25) is 11.8 Å². The standard InChI is InChI=1S/C26H28FN5OS/c1-33-23-14-22(32-15-18-6-2-3-7-19(18)16-32)29-24(30-23)31-25(34)28-17-26(12-4-5-13-26)20-8-10-21(27)11-9-20/h2-3,6-11,14H,4-5,12-13,15-17H2,1H3,(H2,28,29,30,31,34). The first kappa shape index (κ1) is 22.5. The van der Waals surface area contributed by atoms with E-state index in [9.17, 15) is 4.39 Å². The van der Waals surface area contributed by atoms with Gasteiger partial charge in [-0.05, 0) is 53.9 Å². The van der Waals surface area contributed by atoms with Crippen molar-refractivity contribution in [3.63, 3.8) is 0 Å². The number of benzene rings is 2. The monoisotopic (exact) mass is 477 g/mol. The quantitative estimate of drug-likeness (QED) is 0.488. The third-order valence-corrected chi connectivity index (χ3v) is 7.14. The zero-order valence-corrected chi connectivity index (χ0v) is 20.0. The maximum atomic E-state index is 13.5. The Morgan fingerprint density at radius 2 is 1.74 bits per heavy atom. The molecule has 0 bridgehead atoms. The van der Waals surface area contributed by atoms with Gasteiger partial charge in [0.1, 0.15) is 11.6 Å². The van der Waals surface area contributed by atoms with Crippen molar-refractivity contribution in [2.75, 3.05) is 23.9 Å². The number of anilines is 2. The molecule has 0 amide bonds. The van der Waals surface area contributed by atoms with Crippen LogP contribution in [0.1, 0.15) is 42.4 Å². The van der Waals surface area contributed by atoms with Crippen LogP contribution < -0.4 is 20.3 Å². The Hall–Kier alpha value is -3.26. The Labute approximate surface area is 204 Å². The van der Waals surface area contributed by atoms with Gasteiger partial charge in [0.15, 0.2) is 5.11 Å². The van der Waals surface area contributed by atoms with E-state index in [1.165, 1.54) is 23.3 Å². The number of methoxy groups -OCH3 is 1. The van der Waals surface area contributed by atoms with Crippen LogP contribution in [0.25, 0.3) is 0 Å². The Morgan fingerprint density at radius 1 is 1.06 bits per heavy atom. The van der Waals surface area contributed by atoms with Gasteiger partial charge < -0.3 is 20.3 Å². The molecule has 34 heavy (non-hydrogen) atoms. The van der Waals surface area contributed by atoms with E-state index in [1.807, 2.05) is 18.2 Å². The molecule has 0 saturated heterocycles. The zero-order valence-electron chi connectivity index (χ0n) is 19.2. The molecule has 1 fully saturated rings. The number of hydrogen-bond acceptors (Lipinski definition) is 5. The summed E-state index contributed by atoms with van der Waals surface area (Å²) < 4.78 is 18.9. The molecule has 1 aromatic heterocycles. The molecule has 0 spiro atoms. The van der Waals surface area contributed by atoms with Crippen molar-refractivity contribution in [2.24, 2.45) is 0 Å². The van der Waals surface area contributed by atoms with Gasteiger partial charge in [0.25, 0.3) is 0 Å². The lowest BCUT2D eigenvalue weighted by Gasteiger charge is -2.30. The predicted molar refractivity (Wildman–Crippen MR) is 136 cm³/mol. The minimum atomic E-state index is -0.214. The summed E-state index contributed by atoms with van der Waals surface area (Å²) in [6.45, 7) is 2.25. The lowest BCUT2D eigenvalue weighted by atomic mass is 9.79. The lowest BCUT2D eigenvalue weighted by molar-refractivity contribution is 0.397. The lowest BCUT2D eigenvalue weighted by Crippen LogP contribution is -2.41. The van der Waals surface area contributed by atoms with Crippen LogP contribution in [0.5, 0.6) is 5.88 Å². The molecule has 1 saturated carbocycles. The first-order valence-electron chi connectivity index (χ1n) is 11.6. The summed E-state index contributed by atoms with van der Waals surface area (Å²) in [6, 6.07) is 17.1. The van der Waals surface area contributed by atoms with Crippen LogP contribution in [0.4, 0.5) is 16.2 Å². The SMILES string of the molecule is COc1cc(N2Cc3ccccc3C2)nc(NC(=S)NCC2(c3ccc(F)cc3)CCCC2)n1. The highest BCUT2D eigenvalue weighted by Gasteiger charge is 2.35. The average Bonchev–Trinajstić information content (AvgIpc) is 3.51. The van der Waals surface area contributed by atoms with E-state index in [1.54, 1.807) is 7.11 Å². The second-order valence-corrected chi connectivity index (χ2v) is 9.43. The van der Waals surface area contributed by atoms with E-state index < -0.39 is 0 Å². The number of hydrogen-bond donors (Lipinski definition) is 2. The van der Waals surface area contributed by atoms with Crippen LogP contribution in [0.15, 0.2) is 54.6 Å². The predicted octanol–water partition coefficient (Wildman–Crippen LogP) is 4.94. The second-order valence-electron chi connectivity index (χ2n) is 9.02. The fraction of sp³-hybridized carbons (Fsp3) is 0.346. The van der Waals surface area contributed by atoms with Crippen LogP contribution in [-0.2, 0) is 18.5 Å². The Morgan fingerprint density at radius 3 is 2.38 bits per heavy atom. The van der Waals surface area contributed by atoms with Gasteiger partial charge in [0, 0.05) is 31.1 Å². The Balaban J connectivity index is 1.28. The maximum absolute atomic E-state index is 13.5. The molecule has 5 rings (SSSR count). The number of nitrogens with one attached hydrogen (secondary N) is 2. The molecule has 2 aromatic carbocycles. The number of thiocarbonyl (C=S) groups is 1. The fourth-order valence-corrected chi connectivity index (χ4v) is 5.21. The van der Waals surface area contributed by atoms with Crippen LogP contribution in [0.3, 0.4) is 0 Å². The molecular weight excluding hydrogens is 449 g/mol. The number of ether oxygens (including phenoxy) is 1. The summed E-state index contributed by atoms with van der Waals surface area (Å²) in [5.74, 6) is 1.44. The number of rotatable bonds is 6. The topological polar surface area (TPSA) is 62.3 Å². The van der Waals surface area contributed by atoms with Crippen molar-refractivity contribution in [1.82, 2.24) is 15.3 Å². The summed E-state index contributed by atoms with van der Waals surface area (Å²) in [4.78, 5) is 11.3. The maximum Gasteiger partial charge on any atom is 0.234 e. The number of halogens is 1. The molecular formula is C26H28FN5OS. The molecule has 176 valence electrons. The molecule has 2 heterocycles. The zero-order chi connectivity index (χ0) is 23.5. The van der Waals surface area contributed by atoms with Crippen LogP contribution in [0.2, 0.25) is 0 Å². The van der Waals surface area contributed by atoms with Crippen molar-refractivity contribution in [1.29, 1.82) is 0 Å². The third kappa shape index (κ3) is 4.68. The van der Waals surface area contributed by atoms with Gasteiger partial charge >= 0.3 is 0 Å². The summed E-state index contributed by atoms with van der Waals surface area (Å²) in [7, 11) is 1.59. The molecule has 6 nitrogen and oxygen atoms in total.